The van der Waals surface area contributed by atoms with Crippen LogP contribution in [-0.2, 0) is 6.54 Å². The van der Waals surface area contributed by atoms with E-state index in [1.54, 1.807) is 25.1 Å². The van der Waals surface area contributed by atoms with Gasteiger partial charge in [0.15, 0.2) is 0 Å². The van der Waals surface area contributed by atoms with E-state index in [4.69, 9.17) is 11.6 Å². The minimum atomic E-state index is -0.497. The number of anilines is 2. The average molecular weight is 308 g/mol. The van der Waals surface area contributed by atoms with Gasteiger partial charge in [0.05, 0.1) is 4.92 Å². The van der Waals surface area contributed by atoms with Gasteiger partial charge in [0, 0.05) is 25.7 Å². The van der Waals surface area contributed by atoms with Gasteiger partial charge in [-0.2, -0.15) is 4.98 Å². The first-order valence-corrected chi connectivity index (χ1v) is 6.54. The lowest BCUT2D eigenvalue weighted by Gasteiger charge is -2.18. The first-order chi connectivity index (χ1) is 10.0. The van der Waals surface area contributed by atoms with Gasteiger partial charge in [-0.25, -0.2) is 4.98 Å². The molecule has 0 radical (unpaired) electrons. The van der Waals surface area contributed by atoms with Crippen molar-refractivity contribution in [1.29, 1.82) is 0 Å². The molecule has 1 heterocycles. The average Bonchev–Trinajstić information content (AvgIpc) is 2.46. The lowest BCUT2D eigenvalue weighted by atomic mass is 10.2. The molecule has 0 unspecified atom stereocenters. The van der Waals surface area contributed by atoms with Gasteiger partial charge in [0.25, 0.3) is 0 Å². The van der Waals surface area contributed by atoms with Crippen LogP contribution in [0, 0.1) is 10.1 Å². The number of nitrogens with one attached hydrogen (secondary N) is 1. The number of benzene rings is 1. The van der Waals surface area contributed by atoms with E-state index >= 15 is 0 Å². The smallest absolute Gasteiger partial charge is 0.329 e. The quantitative estimate of drug-likeness (QED) is 0.675. The van der Waals surface area contributed by atoms with Crippen molar-refractivity contribution in [1.82, 2.24) is 9.97 Å². The van der Waals surface area contributed by atoms with E-state index in [9.17, 15) is 10.1 Å². The summed E-state index contributed by atoms with van der Waals surface area (Å²) in [7, 11) is 3.39. The summed E-state index contributed by atoms with van der Waals surface area (Å²) in [5.41, 5.74) is 0.794. The Morgan fingerprint density at radius 3 is 2.86 bits per heavy atom. The molecule has 0 saturated heterocycles. The van der Waals surface area contributed by atoms with Gasteiger partial charge in [-0.1, -0.05) is 23.7 Å². The van der Waals surface area contributed by atoms with Crippen molar-refractivity contribution in [3.63, 3.8) is 0 Å². The minimum absolute atomic E-state index is 0.140. The fourth-order valence-electron chi connectivity index (χ4n) is 1.88. The molecule has 0 atom stereocenters. The second-order valence-electron chi connectivity index (χ2n) is 4.40. The Kier molecular flexibility index (Phi) is 4.54. The molecule has 21 heavy (non-hydrogen) atoms. The third-order valence-electron chi connectivity index (χ3n) is 2.84. The highest BCUT2D eigenvalue weighted by Crippen LogP contribution is 2.26. The Labute approximate surface area is 126 Å². The number of hydrogen-bond acceptors (Lipinski definition) is 6. The van der Waals surface area contributed by atoms with Crippen LogP contribution in [0.3, 0.4) is 0 Å². The summed E-state index contributed by atoms with van der Waals surface area (Å²) in [5.74, 6) is 0.577. The van der Waals surface area contributed by atoms with Crippen LogP contribution < -0.4 is 10.2 Å². The highest BCUT2D eigenvalue weighted by atomic mass is 35.5. The first kappa shape index (κ1) is 15.0. The van der Waals surface area contributed by atoms with E-state index in [0.717, 1.165) is 5.56 Å². The standard InChI is InChI=1S/C13H14ClN5O2/c1-15-13-16-7-11(19(20)21)12(17-13)18(2)8-9-4-3-5-10(14)6-9/h3-7H,8H2,1-2H3,(H,15,16,17). The molecule has 110 valence electrons. The maximum absolute atomic E-state index is 11.1. The van der Waals surface area contributed by atoms with Gasteiger partial charge in [-0.05, 0) is 17.7 Å². The molecule has 0 aliphatic heterocycles. The van der Waals surface area contributed by atoms with Crippen molar-refractivity contribution in [3.8, 4) is 0 Å². The van der Waals surface area contributed by atoms with Crippen LogP contribution in [0.25, 0.3) is 0 Å². The van der Waals surface area contributed by atoms with Crippen LogP contribution in [0.15, 0.2) is 30.5 Å². The van der Waals surface area contributed by atoms with Crippen LogP contribution in [0.2, 0.25) is 5.02 Å². The van der Waals surface area contributed by atoms with Gasteiger partial charge in [0.2, 0.25) is 11.8 Å². The molecule has 1 N–H and O–H groups in total. The molecule has 0 fully saturated rings. The highest BCUT2D eigenvalue weighted by Gasteiger charge is 2.20. The summed E-state index contributed by atoms with van der Waals surface area (Å²) < 4.78 is 0. The number of rotatable bonds is 5. The molecule has 2 rings (SSSR count). The van der Waals surface area contributed by atoms with E-state index in [0.29, 0.717) is 17.5 Å². The van der Waals surface area contributed by atoms with E-state index in [-0.39, 0.29) is 11.5 Å². The van der Waals surface area contributed by atoms with Gasteiger partial charge in [-0.3, -0.25) is 10.1 Å². The molecule has 0 amide bonds. The molecule has 8 heteroatoms. The third-order valence-corrected chi connectivity index (χ3v) is 3.08. The van der Waals surface area contributed by atoms with E-state index < -0.39 is 4.92 Å². The van der Waals surface area contributed by atoms with Crippen molar-refractivity contribution in [2.45, 2.75) is 6.54 Å². The number of halogens is 1. The zero-order chi connectivity index (χ0) is 15.4. The predicted octanol–water partition coefficient (Wildman–Crippen LogP) is 2.72. The lowest BCUT2D eigenvalue weighted by molar-refractivity contribution is -0.384. The molecule has 1 aromatic carbocycles. The van der Waals surface area contributed by atoms with Crippen molar-refractivity contribution in [3.05, 3.63) is 51.2 Å². The zero-order valence-electron chi connectivity index (χ0n) is 11.6. The highest BCUT2D eigenvalue weighted by molar-refractivity contribution is 6.30. The van der Waals surface area contributed by atoms with Crippen molar-refractivity contribution in [2.75, 3.05) is 24.3 Å². The third kappa shape index (κ3) is 3.57. The zero-order valence-corrected chi connectivity index (χ0v) is 12.3. The Bertz CT molecular complexity index is 665. The maximum Gasteiger partial charge on any atom is 0.329 e. The summed E-state index contributed by atoms with van der Waals surface area (Å²) in [5, 5.41) is 14.5. The van der Waals surface area contributed by atoms with E-state index in [1.807, 2.05) is 18.2 Å². The largest absolute Gasteiger partial charge is 0.357 e. The fourth-order valence-corrected chi connectivity index (χ4v) is 2.09. The maximum atomic E-state index is 11.1. The number of nitrogens with zero attached hydrogens (tertiary/aromatic N) is 4. The monoisotopic (exact) mass is 307 g/mol. The Hall–Kier alpha value is -2.41. The summed E-state index contributed by atoms with van der Waals surface area (Å²) in [6, 6.07) is 7.31. The topological polar surface area (TPSA) is 84.2 Å². The van der Waals surface area contributed by atoms with Crippen LogP contribution in [0.4, 0.5) is 17.5 Å². The number of nitro groups is 1. The van der Waals surface area contributed by atoms with E-state index in [1.165, 1.54) is 6.20 Å². The summed E-state index contributed by atoms with van der Waals surface area (Å²) in [6.07, 6.45) is 1.20. The molecule has 0 spiro atoms. The summed E-state index contributed by atoms with van der Waals surface area (Å²) in [4.78, 5) is 20.3. The molecule has 0 aliphatic rings. The fraction of sp³-hybridized carbons (Fsp3) is 0.231. The second-order valence-corrected chi connectivity index (χ2v) is 4.83. The van der Waals surface area contributed by atoms with Gasteiger partial charge >= 0.3 is 5.69 Å². The number of hydrogen-bond donors (Lipinski definition) is 1. The summed E-state index contributed by atoms with van der Waals surface area (Å²) >= 11 is 5.94. The Morgan fingerprint density at radius 2 is 2.24 bits per heavy atom. The van der Waals surface area contributed by atoms with Crippen LogP contribution >= 0.6 is 11.6 Å². The van der Waals surface area contributed by atoms with Crippen molar-refractivity contribution >= 4 is 29.1 Å². The number of aromatic nitrogens is 2. The van der Waals surface area contributed by atoms with Crippen molar-refractivity contribution in [2.24, 2.45) is 0 Å². The normalized spacial score (nSPS) is 10.2. The van der Waals surface area contributed by atoms with Gasteiger partial charge < -0.3 is 10.2 Å². The van der Waals surface area contributed by atoms with Crippen molar-refractivity contribution < 1.29 is 4.92 Å². The first-order valence-electron chi connectivity index (χ1n) is 6.16. The van der Waals surface area contributed by atoms with E-state index in [2.05, 4.69) is 15.3 Å². The molecule has 7 nitrogen and oxygen atoms in total. The lowest BCUT2D eigenvalue weighted by Crippen LogP contribution is -2.20. The Balaban J connectivity index is 2.33. The minimum Gasteiger partial charge on any atom is -0.357 e. The van der Waals surface area contributed by atoms with Crippen LogP contribution in [-0.4, -0.2) is 29.0 Å². The second kappa shape index (κ2) is 6.36. The molecule has 2 aromatic rings. The predicted molar refractivity (Wildman–Crippen MR) is 81.8 cm³/mol. The molecule has 0 saturated carbocycles. The molecule has 1 aromatic heterocycles. The van der Waals surface area contributed by atoms with Crippen LogP contribution in [0.5, 0.6) is 0 Å². The Morgan fingerprint density at radius 1 is 1.48 bits per heavy atom. The summed E-state index contributed by atoms with van der Waals surface area (Å²) in [6.45, 7) is 0.446. The molecular weight excluding hydrogens is 294 g/mol. The van der Waals surface area contributed by atoms with Crippen LogP contribution in [0.1, 0.15) is 5.56 Å². The SMILES string of the molecule is CNc1ncc([N+](=O)[O-])c(N(C)Cc2cccc(Cl)c2)n1. The van der Waals surface area contributed by atoms with Gasteiger partial charge in [-0.15, -0.1) is 0 Å². The molecule has 0 aliphatic carbocycles. The molecular formula is C13H14ClN5O2. The molecule has 0 bridgehead atoms. The van der Waals surface area contributed by atoms with Gasteiger partial charge in [0.1, 0.15) is 6.20 Å².